The Balaban J connectivity index is 1.45. The monoisotopic (exact) mass is 602 g/mol. The summed E-state index contributed by atoms with van der Waals surface area (Å²) in [5.41, 5.74) is 6.14. The van der Waals surface area contributed by atoms with E-state index in [1.807, 2.05) is 18.2 Å². The second-order valence-corrected chi connectivity index (χ2v) is 12.6. The van der Waals surface area contributed by atoms with Crippen molar-refractivity contribution in [2.24, 2.45) is 11.8 Å². The van der Waals surface area contributed by atoms with Gasteiger partial charge in [0.05, 0.1) is 6.61 Å². The number of ether oxygens (including phenoxy) is 1. The van der Waals surface area contributed by atoms with Crippen LogP contribution in [0, 0.1) is 23.5 Å². The topological polar surface area (TPSA) is 46.5 Å². The largest absolute Gasteiger partial charge is 0.462 e. The number of unbranched alkanes of at least 4 members (excludes halogenated alkanes) is 2. The Morgan fingerprint density at radius 3 is 2.18 bits per heavy atom. The van der Waals surface area contributed by atoms with E-state index in [1.165, 1.54) is 76.0 Å². The van der Waals surface area contributed by atoms with Gasteiger partial charge in [-0.15, -0.1) is 0 Å². The Morgan fingerprint density at radius 2 is 1.59 bits per heavy atom. The minimum absolute atomic E-state index is 0.0898. The van der Waals surface area contributed by atoms with Gasteiger partial charge in [0.2, 0.25) is 0 Å². The molecule has 0 aliphatic heterocycles. The first kappa shape index (κ1) is 33.6. The average molecular weight is 603 g/mol. The molecule has 1 fully saturated rings. The lowest BCUT2D eigenvalue weighted by molar-refractivity contribution is -0.140. The van der Waals surface area contributed by atoms with Gasteiger partial charge >= 0.3 is 5.97 Å². The highest BCUT2D eigenvalue weighted by Gasteiger charge is 2.23. The molecule has 236 valence electrons. The maximum Gasteiger partial charge on any atom is 0.333 e. The molecule has 1 saturated carbocycles. The Bertz CT molecular complexity index is 1380. The molecule has 0 spiro atoms. The molecule has 3 aromatic rings. The Kier molecular flexibility index (Phi) is 12.3. The summed E-state index contributed by atoms with van der Waals surface area (Å²) in [6.45, 7) is 8.88. The molecule has 3 aromatic carbocycles. The first-order chi connectivity index (χ1) is 21.2. The zero-order valence-electron chi connectivity index (χ0n) is 26.6. The highest BCUT2D eigenvalue weighted by molar-refractivity contribution is 5.86. The van der Waals surface area contributed by atoms with Gasteiger partial charge in [-0.25, -0.2) is 13.6 Å². The normalized spacial score (nSPS) is 17.3. The summed E-state index contributed by atoms with van der Waals surface area (Å²) in [6, 6.07) is 17.7. The number of esters is 1. The van der Waals surface area contributed by atoms with Crippen molar-refractivity contribution in [3.8, 4) is 22.3 Å². The van der Waals surface area contributed by atoms with Crippen LogP contribution in [0.4, 0.5) is 8.78 Å². The van der Waals surface area contributed by atoms with Crippen LogP contribution in [0.15, 0.2) is 66.7 Å². The fraction of sp³-hybridized carbons (Fsp3) is 0.462. The van der Waals surface area contributed by atoms with Crippen LogP contribution in [-0.4, -0.2) is 24.3 Å². The Morgan fingerprint density at radius 1 is 0.932 bits per heavy atom. The molecule has 0 aromatic heterocycles. The highest BCUT2D eigenvalue weighted by Crippen LogP contribution is 2.39. The standard InChI is InChI=1S/C39H48F2O3/c1-5-7-8-9-27-10-12-30(13-11-27)31-14-16-32(17-15-31)35-19-18-33(21-29(35)6-2)34-22-37(40)36(38(41)23-34)20-28(24-42)25-44-39(43)26(3)4/h14-19,21-23,27-28,30,42H,3,5-13,20,24-25H2,1-2,4H3. The lowest BCUT2D eigenvalue weighted by Gasteiger charge is -2.29. The van der Waals surface area contributed by atoms with Crippen molar-refractivity contribution in [2.45, 2.75) is 90.9 Å². The van der Waals surface area contributed by atoms with Crippen LogP contribution in [0.2, 0.25) is 0 Å². The summed E-state index contributed by atoms with van der Waals surface area (Å²) < 4.78 is 35.5. The number of halogens is 2. The Labute approximate surface area is 262 Å². The van der Waals surface area contributed by atoms with Crippen molar-refractivity contribution in [3.63, 3.8) is 0 Å². The van der Waals surface area contributed by atoms with Crippen molar-refractivity contribution in [1.82, 2.24) is 0 Å². The van der Waals surface area contributed by atoms with E-state index in [2.05, 4.69) is 44.7 Å². The van der Waals surface area contributed by atoms with E-state index in [-0.39, 0.29) is 30.8 Å². The number of benzene rings is 3. The van der Waals surface area contributed by atoms with Gasteiger partial charge in [0.1, 0.15) is 11.6 Å². The summed E-state index contributed by atoms with van der Waals surface area (Å²) in [5, 5.41) is 9.70. The van der Waals surface area contributed by atoms with Crippen molar-refractivity contribution in [1.29, 1.82) is 0 Å². The van der Waals surface area contributed by atoms with E-state index in [0.717, 1.165) is 34.6 Å². The molecule has 0 saturated heterocycles. The van der Waals surface area contributed by atoms with Crippen LogP contribution in [0.3, 0.4) is 0 Å². The fourth-order valence-electron chi connectivity index (χ4n) is 6.50. The third-order valence-corrected chi connectivity index (χ3v) is 9.27. The van der Waals surface area contributed by atoms with Crippen molar-refractivity contribution < 1.29 is 23.4 Å². The number of aliphatic hydroxyl groups is 1. The zero-order chi connectivity index (χ0) is 31.6. The quantitative estimate of drug-likeness (QED) is 0.113. The molecule has 0 radical (unpaired) electrons. The lowest BCUT2D eigenvalue weighted by atomic mass is 9.77. The second kappa shape index (κ2) is 16.1. The third kappa shape index (κ3) is 8.65. The molecule has 1 aliphatic rings. The van der Waals surface area contributed by atoms with Crippen molar-refractivity contribution >= 4 is 5.97 Å². The second-order valence-electron chi connectivity index (χ2n) is 12.6. The molecule has 1 N–H and O–H groups in total. The number of hydrogen-bond acceptors (Lipinski definition) is 3. The fourth-order valence-corrected chi connectivity index (χ4v) is 6.50. The highest BCUT2D eigenvalue weighted by atomic mass is 19.1. The van der Waals surface area contributed by atoms with Gasteiger partial charge in [-0.1, -0.05) is 88.6 Å². The molecule has 1 atom stereocenters. The predicted octanol–water partition coefficient (Wildman–Crippen LogP) is 9.99. The molecule has 5 heteroatoms. The van der Waals surface area contributed by atoms with Crippen LogP contribution in [0.5, 0.6) is 0 Å². The molecular weight excluding hydrogens is 554 g/mol. The first-order valence-corrected chi connectivity index (χ1v) is 16.4. The van der Waals surface area contributed by atoms with E-state index in [1.54, 1.807) is 0 Å². The molecule has 0 heterocycles. The van der Waals surface area contributed by atoms with Crippen LogP contribution >= 0.6 is 0 Å². The third-order valence-electron chi connectivity index (χ3n) is 9.27. The SMILES string of the molecule is C=C(C)C(=O)OCC(CO)Cc1c(F)cc(-c2ccc(-c3ccc(C4CCC(CCCCC)CC4)cc3)c(CC)c2)cc1F. The van der Waals surface area contributed by atoms with Crippen LogP contribution in [0.25, 0.3) is 22.3 Å². The molecule has 1 unspecified atom stereocenters. The predicted molar refractivity (Wildman–Crippen MR) is 176 cm³/mol. The number of carbonyl (C=O) groups is 1. The smallest absolute Gasteiger partial charge is 0.333 e. The molecule has 0 bridgehead atoms. The number of aryl methyl sites for hydroxylation is 1. The first-order valence-electron chi connectivity index (χ1n) is 16.4. The van der Waals surface area contributed by atoms with Crippen LogP contribution < -0.4 is 0 Å². The minimum Gasteiger partial charge on any atom is -0.462 e. The Hall–Kier alpha value is -3.31. The molecule has 0 amide bonds. The van der Waals surface area contributed by atoms with Crippen LogP contribution in [0.1, 0.15) is 94.7 Å². The summed E-state index contributed by atoms with van der Waals surface area (Å²) in [4.78, 5) is 11.7. The van der Waals surface area contributed by atoms with E-state index < -0.39 is 23.5 Å². The van der Waals surface area contributed by atoms with Gasteiger partial charge in [-0.05, 0) is 103 Å². The van der Waals surface area contributed by atoms with Crippen molar-refractivity contribution in [2.75, 3.05) is 13.2 Å². The van der Waals surface area contributed by atoms with E-state index in [9.17, 15) is 9.90 Å². The van der Waals surface area contributed by atoms with Gasteiger partial charge in [0, 0.05) is 23.7 Å². The zero-order valence-corrected chi connectivity index (χ0v) is 26.6. The molecule has 1 aliphatic carbocycles. The maximum absolute atomic E-state index is 15.2. The van der Waals surface area contributed by atoms with Gasteiger partial charge in [0.25, 0.3) is 0 Å². The number of rotatable bonds is 14. The summed E-state index contributed by atoms with van der Waals surface area (Å²) in [7, 11) is 0. The van der Waals surface area contributed by atoms with E-state index >= 15 is 8.78 Å². The minimum atomic E-state index is -0.683. The van der Waals surface area contributed by atoms with Gasteiger partial charge < -0.3 is 9.84 Å². The van der Waals surface area contributed by atoms with E-state index in [4.69, 9.17) is 4.74 Å². The summed E-state index contributed by atoms with van der Waals surface area (Å²) in [5.74, 6) is -1.05. The van der Waals surface area contributed by atoms with Crippen LogP contribution in [-0.2, 0) is 22.4 Å². The lowest BCUT2D eigenvalue weighted by Crippen LogP contribution is -2.21. The van der Waals surface area contributed by atoms with Gasteiger partial charge in [-0.3, -0.25) is 0 Å². The van der Waals surface area contributed by atoms with Crippen molar-refractivity contribution in [3.05, 3.63) is 95.1 Å². The number of aliphatic hydroxyl groups excluding tert-OH is 1. The molecule has 3 nitrogen and oxygen atoms in total. The maximum atomic E-state index is 15.2. The average Bonchev–Trinajstić information content (AvgIpc) is 3.04. The van der Waals surface area contributed by atoms with Gasteiger partial charge in [-0.2, -0.15) is 0 Å². The molecule has 4 rings (SSSR count). The summed E-state index contributed by atoms with van der Waals surface area (Å²) >= 11 is 0. The van der Waals surface area contributed by atoms with E-state index in [0.29, 0.717) is 11.5 Å². The molecular formula is C39H48F2O3. The number of hydrogen-bond donors (Lipinski definition) is 1. The summed E-state index contributed by atoms with van der Waals surface area (Å²) in [6.07, 6.45) is 11.3. The number of carbonyl (C=O) groups excluding carboxylic acids is 1. The van der Waals surface area contributed by atoms with Gasteiger partial charge in [0.15, 0.2) is 0 Å². The molecule has 44 heavy (non-hydrogen) atoms.